The van der Waals surface area contributed by atoms with Gasteiger partial charge in [-0.25, -0.2) is 8.78 Å². The number of unbranched alkanes of at least 4 members (excludes halogenated alkanes) is 1. The second kappa shape index (κ2) is 27.3. The van der Waals surface area contributed by atoms with E-state index in [1.54, 1.807) is 64.9 Å². The summed E-state index contributed by atoms with van der Waals surface area (Å²) < 4.78 is 30.5. The summed E-state index contributed by atoms with van der Waals surface area (Å²) >= 11 is 0. The summed E-state index contributed by atoms with van der Waals surface area (Å²) in [6, 6.07) is 9.87. The fraction of sp³-hybridized carbons (Fsp3) is 0.533. The van der Waals surface area contributed by atoms with Crippen LogP contribution in [-0.4, -0.2) is 120 Å². The number of hydrogen-bond donors (Lipinski definition) is 6. The van der Waals surface area contributed by atoms with Crippen molar-refractivity contribution < 1.29 is 37.5 Å². The number of rotatable bonds is 21. The Hall–Kier alpha value is -6.66. The molecule has 2 saturated carbocycles. The van der Waals surface area contributed by atoms with Crippen LogP contribution in [0, 0.1) is 23.5 Å². The number of carbonyl (C=O) groups excluding carboxylic acids is 6. The molecule has 0 bridgehead atoms. The third kappa shape index (κ3) is 14.0. The summed E-state index contributed by atoms with van der Waals surface area (Å²) in [4.78, 5) is 94.4. The first-order valence-electron chi connectivity index (χ1n) is 28.4. The Balaban J connectivity index is 0.844. The molecule has 0 unspecified atom stereocenters. The minimum Gasteiger partial charge on any atom is -0.352 e. The smallest absolute Gasteiger partial charge is 0.254 e. The highest BCUT2D eigenvalue weighted by Crippen LogP contribution is 2.38. The Kier molecular flexibility index (Phi) is 20.1. The molecule has 0 radical (unpaired) electrons. The second-order valence-corrected chi connectivity index (χ2v) is 21.8. The van der Waals surface area contributed by atoms with Crippen molar-refractivity contribution >= 4 is 35.4 Å². The third-order valence-corrected chi connectivity index (χ3v) is 16.6. The molecule has 4 fully saturated rings. The molecule has 8 rings (SSSR count). The van der Waals surface area contributed by atoms with Crippen LogP contribution >= 0.6 is 0 Å². The number of benzene rings is 2. The molecular weight excluding hydrogens is 995 g/mol. The molecular formula is C60H78F2N10O6. The van der Waals surface area contributed by atoms with E-state index in [0.717, 1.165) is 101 Å². The first-order valence-corrected chi connectivity index (χ1v) is 28.4. The normalized spacial score (nSPS) is 19.6. The summed E-state index contributed by atoms with van der Waals surface area (Å²) in [6.07, 6.45) is 20.5. The Bertz CT molecular complexity index is 2580. The number of likely N-dealkylation sites (tertiary alicyclic amines) is 2. The number of hydrogen-bond acceptors (Lipinski definition) is 10. The van der Waals surface area contributed by atoms with Crippen LogP contribution in [0.5, 0.6) is 0 Å². The topological polar surface area (TPSA) is 207 Å². The van der Waals surface area contributed by atoms with Crippen molar-refractivity contribution in [1.29, 1.82) is 0 Å². The number of nitrogens with one attached hydrogen (secondary N) is 6. The SMILES string of the molecule is CN[C@@H](C)C(=O)N[C@H](C(=O)N1CCC[C@H]1c1cncc(-c2ccc(F)c(C(=O)NCCCCNC(=O)c3cc(-c4cncc([C@@H]5CCCN5C(=O)[C@@H](NC(=O)[C@H](C)NC)C5CCCCC5)c4)ccc3F)c2)c1)C1CCCCC1. The Morgan fingerprint density at radius 2 is 0.923 bits per heavy atom. The molecule has 2 aliphatic heterocycles. The van der Waals surface area contributed by atoms with Crippen LogP contribution < -0.4 is 31.9 Å². The van der Waals surface area contributed by atoms with Gasteiger partial charge in [0.05, 0.1) is 35.3 Å². The van der Waals surface area contributed by atoms with Gasteiger partial charge in [0.15, 0.2) is 0 Å². The number of halogens is 2. The molecule has 4 heterocycles. The van der Waals surface area contributed by atoms with Crippen LogP contribution in [0.25, 0.3) is 22.3 Å². The van der Waals surface area contributed by atoms with E-state index in [9.17, 15) is 28.8 Å². The first kappa shape index (κ1) is 57.5. The van der Waals surface area contributed by atoms with Crippen molar-refractivity contribution in [3.63, 3.8) is 0 Å². The summed E-state index contributed by atoms with van der Waals surface area (Å²) in [5, 5.41) is 17.7. The lowest BCUT2D eigenvalue weighted by Crippen LogP contribution is -2.55. The van der Waals surface area contributed by atoms with E-state index in [-0.39, 0.29) is 71.8 Å². The fourth-order valence-electron chi connectivity index (χ4n) is 11.8. The van der Waals surface area contributed by atoms with Crippen LogP contribution in [0.2, 0.25) is 0 Å². The van der Waals surface area contributed by atoms with Crippen LogP contribution in [0.3, 0.4) is 0 Å². The van der Waals surface area contributed by atoms with Gasteiger partial charge in [0, 0.05) is 62.1 Å². The number of carbonyl (C=O) groups is 6. The molecule has 16 nitrogen and oxygen atoms in total. The lowest BCUT2D eigenvalue weighted by molar-refractivity contribution is -0.139. The monoisotopic (exact) mass is 1070 g/mol. The average Bonchev–Trinajstić information content (AvgIpc) is 4.20. The van der Waals surface area contributed by atoms with Gasteiger partial charge in [-0.1, -0.05) is 50.7 Å². The molecule has 78 heavy (non-hydrogen) atoms. The molecule has 6 amide bonds. The predicted molar refractivity (Wildman–Crippen MR) is 295 cm³/mol. The lowest BCUT2D eigenvalue weighted by atomic mass is 9.83. The van der Waals surface area contributed by atoms with Crippen LogP contribution in [-0.2, 0) is 19.2 Å². The molecule has 6 atom stereocenters. The van der Waals surface area contributed by atoms with Crippen molar-refractivity contribution in [2.24, 2.45) is 11.8 Å². The maximum atomic E-state index is 15.3. The van der Waals surface area contributed by atoms with E-state index < -0.39 is 47.6 Å². The van der Waals surface area contributed by atoms with Gasteiger partial charge in [-0.2, -0.15) is 0 Å². The summed E-state index contributed by atoms with van der Waals surface area (Å²) in [5.74, 6) is -3.05. The second-order valence-electron chi connectivity index (χ2n) is 21.8. The van der Waals surface area contributed by atoms with Gasteiger partial charge < -0.3 is 41.7 Å². The maximum absolute atomic E-state index is 15.3. The van der Waals surface area contributed by atoms with Gasteiger partial charge in [-0.15, -0.1) is 0 Å². The number of amides is 6. The molecule has 418 valence electrons. The van der Waals surface area contributed by atoms with Crippen molar-refractivity contribution in [1.82, 2.24) is 51.7 Å². The van der Waals surface area contributed by atoms with Crippen molar-refractivity contribution in [3.05, 3.63) is 107 Å². The van der Waals surface area contributed by atoms with E-state index in [2.05, 4.69) is 41.9 Å². The Morgan fingerprint density at radius 3 is 1.31 bits per heavy atom. The first-order chi connectivity index (χ1) is 37.8. The lowest BCUT2D eigenvalue weighted by Gasteiger charge is -2.35. The highest BCUT2D eigenvalue weighted by Gasteiger charge is 2.41. The van der Waals surface area contributed by atoms with Crippen LogP contribution in [0.4, 0.5) is 8.78 Å². The Labute approximate surface area is 457 Å². The molecule has 18 heteroatoms. The molecule has 2 aromatic carbocycles. The van der Waals surface area contributed by atoms with Crippen LogP contribution in [0.1, 0.15) is 161 Å². The summed E-state index contributed by atoms with van der Waals surface area (Å²) in [6.45, 7) is 5.05. The van der Waals surface area contributed by atoms with Gasteiger partial charge >= 0.3 is 0 Å². The zero-order chi connectivity index (χ0) is 55.3. The quantitative estimate of drug-likeness (QED) is 0.0449. The number of aromatic nitrogens is 2. The highest BCUT2D eigenvalue weighted by molar-refractivity contribution is 5.97. The van der Waals surface area contributed by atoms with E-state index in [1.165, 1.54) is 24.3 Å². The summed E-state index contributed by atoms with van der Waals surface area (Å²) in [5.41, 5.74) is 3.85. The zero-order valence-electron chi connectivity index (χ0n) is 45.7. The van der Waals surface area contributed by atoms with Gasteiger partial charge in [0.2, 0.25) is 23.6 Å². The van der Waals surface area contributed by atoms with Crippen molar-refractivity contribution in [2.45, 2.75) is 153 Å². The predicted octanol–water partition coefficient (Wildman–Crippen LogP) is 7.70. The van der Waals surface area contributed by atoms with Gasteiger partial charge in [-0.05, 0) is 163 Å². The van der Waals surface area contributed by atoms with Gasteiger partial charge in [0.1, 0.15) is 23.7 Å². The fourth-order valence-corrected chi connectivity index (χ4v) is 11.8. The van der Waals surface area contributed by atoms with Crippen molar-refractivity contribution in [2.75, 3.05) is 40.3 Å². The highest BCUT2D eigenvalue weighted by atomic mass is 19.1. The van der Waals surface area contributed by atoms with Gasteiger partial charge in [-0.3, -0.25) is 38.7 Å². The minimum absolute atomic E-state index is 0.0581. The molecule has 4 aliphatic rings. The molecule has 4 aromatic rings. The molecule has 2 aliphatic carbocycles. The molecule has 2 aromatic heterocycles. The maximum Gasteiger partial charge on any atom is 0.254 e. The number of likely N-dealkylation sites (N-methyl/N-ethyl adjacent to an activating group) is 2. The number of pyridine rings is 2. The van der Waals surface area contributed by atoms with E-state index in [4.69, 9.17) is 0 Å². The van der Waals surface area contributed by atoms with Crippen molar-refractivity contribution in [3.8, 4) is 22.3 Å². The van der Waals surface area contributed by atoms with Crippen LogP contribution in [0.15, 0.2) is 73.3 Å². The molecule has 6 N–H and O–H groups in total. The zero-order valence-corrected chi connectivity index (χ0v) is 45.7. The molecule has 2 saturated heterocycles. The van der Waals surface area contributed by atoms with E-state index >= 15 is 8.78 Å². The largest absolute Gasteiger partial charge is 0.352 e. The third-order valence-electron chi connectivity index (χ3n) is 16.6. The number of nitrogens with zero attached hydrogens (tertiary/aromatic N) is 4. The van der Waals surface area contributed by atoms with Gasteiger partial charge in [0.25, 0.3) is 11.8 Å². The standard InChI is InChI=1S/C60H78F2N10O6/c1-37(63-3)55(73)69-53(39-15-7-5-8-16-39)59(77)71-27-13-19-51(71)45-29-43(33-65-35-45)41-21-23-49(61)47(31-41)57(75)67-25-11-12-26-68-58(76)48-32-42(22-24-50(48)62)44-30-46(36-66-34-44)52-20-14-28-72(52)60(78)54(40-17-9-6-10-18-40)70-56(74)38(2)64-4/h21-24,29-40,51-54,63-64H,5-20,25-28H2,1-4H3,(H,67,75)(H,68,76)(H,69,73)(H,70,74)/t37-,38-,51-,52-,53-,54-/m0/s1. The Morgan fingerprint density at radius 1 is 0.526 bits per heavy atom. The molecule has 0 spiro atoms. The van der Waals surface area contributed by atoms with E-state index in [1.807, 2.05) is 21.9 Å². The van der Waals surface area contributed by atoms with E-state index in [0.29, 0.717) is 48.2 Å². The summed E-state index contributed by atoms with van der Waals surface area (Å²) in [7, 11) is 3.44. The minimum atomic E-state index is -0.689. The average molecular weight is 1070 g/mol.